The summed E-state index contributed by atoms with van der Waals surface area (Å²) >= 11 is 3.94. The molecule has 0 aliphatic heterocycles. The fourth-order valence-corrected chi connectivity index (χ4v) is 3.14. The molecular formula is C4H4BrClO3S2. The summed E-state index contributed by atoms with van der Waals surface area (Å²) in [5, 5.41) is 1.58. The predicted octanol–water partition coefficient (Wildman–Crippen LogP) is 2.18. The first-order valence-electron chi connectivity index (χ1n) is 2.22. The standard InChI is InChI=1S/C4H3BrO3S2.ClH/c5-3-1-2-9-4(3)10(6,7)8;/h1-2H,(H,6,7,8);1H. The van der Waals surface area contributed by atoms with Crippen LogP contribution in [-0.4, -0.2) is 13.0 Å². The summed E-state index contributed by atoms with van der Waals surface area (Å²) in [6.45, 7) is 0. The maximum Gasteiger partial charge on any atom is 0.305 e. The van der Waals surface area contributed by atoms with Gasteiger partial charge in [0.15, 0.2) is 4.21 Å². The predicted molar refractivity (Wildman–Crippen MR) is 49.1 cm³/mol. The topological polar surface area (TPSA) is 54.4 Å². The summed E-state index contributed by atoms with van der Waals surface area (Å²) in [5.74, 6) is 0. The molecule has 1 heterocycles. The summed E-state index contributed by atoms with van der Waals surface area (Å²) in [4.78, 5) is 0. The number of halogens is 2. The minimum Gasteiger partial charge on any atom is -0.281 e. The molecule has 64 valence electrons. The number of hydrogen-bond donors (Lipinski definition) is 1. The van der Waals surface area contributed by atoms with Gasteiger partial charge in [-0.15, -0.1) is 23.7 Å². The van der Waals surface area contributed by atoms with Crippen LogP contribution in [0.2, 0.25) is 0 Å². The lowest BCUT2D eigenvalue weighted by molar-refractivity contribution is 0.485. The second-order valence-corrected chi connectivity index (χ2v) is 4.92. The SMILES string of the molecule is Cl.O=S(=O)(O)c1sccc1Br. The Balaban J connectivity index is 0.000001000. The lowest BCUT2D eigenvalue weighted by atomic mass is 10.7. The normalized spacial score (nSPS) is 10.7. The van der Waals surface area contributed by atoms with Crippen molar-refractivity contribution in [1.82, 2.24) is 0 Å². The van der Waals surface area contributed by atoms with Crippen LogP contribution in [0.4, 0.5) is 0 Å². The molecule has 0 unspecified atom stereocenters. The molecule has 11 heavy (non-hydrogen) atoms. The van der Waals surface area contributed by atoms with Gasteiger partial charge >= 0.3 is 10.1 Å². The highest BCUT2D eigenvalue weighted by Gasteiger charge is 2.14. The summed E-state index contributed by atoms with van der Waals surface area (Å²) in [6, 6.07) is 1.56. The third-order valence-corrected chi connectivity index (χ3v) is 4.32. The van der Waals surface area contributed by atoms with Crippen LogP contribution >= 0.6 is 39.7 Å². The van der Waals surface area contributed by atoms with E-state index in [0.717, 1.165) is 11.3 Å². The quantitative estimate of drug-likeness (QED) is 0.802. The Morgan fingerprint density at radius 3 is 2.27 bits per heavy atom. The molecule has 3 nitrogen and oxygen atoms in total. The minimum absolute atomic E-state index is 0. The highest BCUT2D eigenvalue weighted by atomic mass is 79.9. The highest BCUT2D eigenvalue weighted by Crippen LogP contribution is 2.26. The van der Waals surface area contributed by atoms with Crippen molar-refractivity contribution in [1.29, 1.82) is 0 Å². The lowest BCUT2D eigenvalue weighted by Gasteiger charge is -1.89. The largest absolute Gasteiger partial charge is 0.305 e. The molecule has 0 bridgehead atoms. The van der Waals surface area contributed by atoms with Crippen LogP contribution in [-0.2, 0) is 10.1 Å². The zero-order valence-electron chi connectivity index (χ0n) is 5.02. The Bertz CT molecular complexity index is 331. The molecule has 1 N–H and O–H groups in total. The van der Waals surface area contributed by atoms with E-state index < -0.39 is 10.1 Å². The molecule has 0 aromatic carbocycles. The first-order chi connectivity index (χ1) is 4.52. The zero-order valence-corrected chi connectivity index (χ0v) is 9.06. The zero-order chi connectivity index (χ0) is 7.78. The van der Waals surface area contributed by atoms with Gasteiger partial charge in [-0.05, 0) is 27.4 Å². The molecule has 0 radical (unpaired) electrons. The van der Waals surface area contributed by atoms with Gasteiger partial charge in [0.1, 0.15) is 0 Å². The van der Waals surface area contributed by atoms with Crippen LogP contribution in [0.3, 0.4) is 0 Å². The van der Waals surface area contributed by atoms with E-state index in [1.54, 1.807) is 11.4 Å². The average molecular weight is 280 g/mol. The van der Waals surface area contributed by atoms with Gasteiger partial charge in [-0.1, -0.05) is 0 Å². The van der Waals surface area contributed by atoms with Gasteiger partial charge in [-0.2, -0.15) is 8.42 Å². The van der Waals surface area contributed by atoms with E-state index in [4.69, 9.17) is 4.55 Å². The number of hydrogen-bond acceptors (Lipinski definition) is 3. The fraction of sp³-hybridized carbons (Fsp3) is 0. The monoisotopic (exact) mass is 278 g/mol. The van der Waals surface area contributed by atoms with Crippen molar-refractivity contribution in [2.24, 2.45) is 0 Å². The molecule has 1 rings (SSSR count). The molecule has 7 heteroatoms. The number of rotatable bonds is 1. The van der Waals surface area contributed by atoms with Crippen molar-refractivity contribution in [2.45, 2.75) is 4.21 Å². The van der Waals surface area contributed by atoms with E-state index in [2.05, 4.69) is 15.9 Å². The Kier molecular flexibility index (Phi) is 3.99. The maximum absolute atomic E-state index is 10.5. The first-order valence-corrected chi connectivity index (χ1v) is 5.33. The molecule has 1 aromatic heterocycles. The van der Waals surface area contributed by atoms with Gasteiger partial charge in [-0.3, -0.25) is 4.55 Å². The van der Waals surface area contributed by atoms with Crippen molar-refractivity contribution >= 4 is 49.8 Å². The molecule has 1 aromatic rings. The molecule has 0 atom stereocenters. The second-order valence-electron chi connectivity index (χ2n) is 1.53. The smallest absolute Gasteiger partial charge is 0.281 e. The van der Waals surface area contributed by atoms with Gasteiger partial charge in [-0.25, -0.2) is 0 Å². The van der Waals surface area contributed by atoms with Crippen molar-refractivity contribution in [3.8, 4) is 0 Å². The average Bonchev–Trinajstić information content (AvgIpc) is 2.11. The van der Waals surface area contributed by atoms with Crippen molar-refractivity contribution in [2.75, 3.05) is 0 Å². The minimum atomic E-state index is -4.02. The molecule has 0 aliphatic rings. The Morgan fingerprint density at radius 2 is 2.09 bits per heavy atom. The third-order valence-electron chi connectivity index (χ3n) is 0.819. The van der Waals surface area contributed by atoms with Crippen LogP contribution in [0.1, 0.15) is 0 Å². The van der Waals surface area contributed by atoms with Crippen LogP contribution in [0.25, 0.3) is 0 Å². The van der Waals surface area contributed by atoms with Gasteiger partial charge < -0.3 is 0 Å². The van der Waals surface area contributed by atoms with Crippen molar-refractivity contribution in [3.05, 3.63) is 15.9 Å². The van der Waals surface area contributed by atoms with Crippen molar-refractivity contribution in [3.63, 3.8) is 0 Å². The lowest BCUT2D eigenvalue weighted by Crippen LogP contribution is -1.94. The summed E-state index contributed by atoms with van der Waals surface area (Å²) in [5.41, 5.74) is 0. The van der Waals surface area contributed by atoms with E-state index in [0.29, 0.717) is 4.47 Å². The van der Waals surface area contributed by atoms with Gasteiger partial charge in [0.05, 0.1) is 0 Å². The summed E-state index contributed by atoms with van der Waals surface area (Å²) < 4.78 is 29.8. The van der Waals surface area contributed by atoms with Crippen LogP contribution in [0.5, 0.6) is 0 Å². The Hall–Kier alpha value is 0.380. The van der Waals surface area contributed by atoms with E-state index in [1.165, 1.54) is 0 Å². The molecule has 0 saturated heterocycles. The van der Waals surface area contributed by atoms with E-state index >= 15 is 0 Å². The maximum atomic E-state index is 10.5. The summed E-state index contributed by atoms with van der Waals surface area (Å²) in [7, 11) is -4.02. The van der Waals surface area contributed by atoms with E-state index in [1.807, 2.05) is 0 Å². The van der Waals surface area contributed by atoms with Crippen LogP contribution < -0.4 is 0 Å². The van der Waals surface area contributed by atoms with Crippen LogP contribution in [0, 0.1) is 0 Å². The molecule has 0 saturated carbocycles. The fourth-order valence-electron chi connectivity index (χ4n) is 0.464. The molecular weight excluding hydrogens is 276 g/mol. The molecule has 0 spiro atoms. The number of thiophene rings is 1. The molecule has 0 amide bonds. The van der Waals surface area contributed by atoms with Gasteiger partial charge in [0.25, 0.3) is 0 Å². The third kappa shape index (κ3) is 2.72. The highest BCUT2D eigenvalue weighted by molar-refractivity contribution is 9.10. The Morgan fingerprint density at radius 1 is 1.55 bits per heavy atom. The van der Waals surface area contributed by atoms with E-state index in [-0.39, 0.29) is 16.6 Å². The van der Waals surface area contributed by atoms with Crippen molar-refractivity contribution < 1.29 is 13.0 Å². The Labute approximate surface area is 82.7 Å². The summed E-state index contributed by atoms with van der Waals surface area (Å²) in [6.07, 6.45) is 0. The first kappa shape index (κ1) is 11.4. The second kappa shape index (κ2) is 3.86. The van der Waals surface area contributed by atoms with Gasteiger partial charge in [0, 0.05) is 4.47 Å². The molecule has 0 fully saturated rings. The van der Waals surface area contributed by atoms with E-state index in [9.17, 15) is 8.42 Å². The van der Waals surface area contributed by atoms with Gasteiger partial charge in [0.2, 0.25) is 0 Å². The van der Waals surface area contributed by atoms with Crippen LogP contribution in [0.15, 0.2) is 20.1 Å². The molecule has 0 aliphatic carbocycles.